The molecule has 8 heteroatoms. The summed E-state index contributed by atoms with van der Waals surface area (Å²) in [6, 6.07) is 9.64. The number of carbonyl (C=O) groups excluding carboxylic acids is 1. The number of aromatic nitrogens is 4. The molecule has 1 amide bonds. The van der Waals surface area contributed by atoms with Crippen molar-refractivity contribution in [2.24, 2.45) is 5.92 Å². The van der Waals surface area contributed by atoms with E-state index >= 15 is 0 Å². The van der Waals surface area contributed by atoms with Crippen LogP contribution in [0.3, 0.4) is 0 Å². The standard InChI is InChI=1S/C22H24N6O2/c29-22(17-8-4-5-9-17)28-12-10-27(11-13-28)19-15-23-14-18(24-19)21-26-25-20(30-21)16-6-2-1-3-7-16/h1-3,6-7,14-15,17H,4-5,8-13H2. The molecule has 0 atom stereocenters. The average Bonchev–Trinajstić information content (AvgIpc) is 3.52. The number of benzene rings is 1. The number of carbonyl (C=O) groups is 1. The summed E-state index contributed by atoms with van der Waals surface area (Å²) in [5, 5.41) is 8.27. The van der Waals surface area contributed by atoms with Crippen molar-refractivity contribution in [1.82, 2.24) is 25.1 Å². The van der Waals surface area contributed by atoms with E-state index in [9.17, 15) is 4.79 Å². The molecular formula is C22H24N6O2. The number of hydrogen-bond acceptors (Lipinski definition) is 7. The molecule has 0 radical (unpaired) electrons. The molecule has 30 heavy (non-hydrogen) atoms. The van der Waals surface area contributed by atoms with E-state index in [4.69, 9.17) is 4.42 Å². The van der Waals surface area contributed by atoms with Gasteiger partial charge >= 0.3 is 0 Å². The first-order chi connectivity index (χ1) is 14.8. The average molecular weight is 404 g/mol. The normalized spacial score (nSPS) is 17.5. The van der Waals surface area contributed by atoms with Crippen LogP contribution in [0.15, 0.2) is 47.1 Å². The minimum atomic E-state index is 0.232. The van der Waals surface area contributed by atoms with Gasteiger partial charge in [0, 0.05) is 37.7 Å². The van der Waals surface area contributed by atoms with E-state index in [1.807, 2.05) is 35.2 Å². The van der Waals surface area contributed by atoms with Gasteiger partial charge < -0.3 is 14.2 Å². The van der Waals surface area contributed by atoms with Gasteiger partial charge in [0.25, 0.3) is 5.89 Å². The summed E-state index contributed by atoms with van der Waals surface area (Å²) >= 11 is 0. The number of anilines is 1. The van der Waals surface area contributed by atoms with E-state index in [0.29, 0.717) is 23.4 Å². The van der Waals surface area contributed by atoms with Crippen molar-refractivity contribution in [3.63, 3.8) is 0 Å². The van der Waals surface area contributed by atoms with E-state index in [2.05, 4.69) is 25.1 Å². The first-order valence-electron chi connectivity index (χ1n) is 10.5. The van der Waals surface area contributed by atoms with Crippen LogP contribution in [0.5, 0.6) is 0 Å². The fourth-order valence-corrected chi connectivity index (χ4v) is 4.22. The molecule has 3 heterocycles. The van der Waals surface area contributed by atoms with Gasteiger partial charge in [-0.15, -0.1) is 10.2 Å². The maximum absolute atomic E-state index is 12.7. The minimum Gasteiger partial charge on any atom is -0.415 e. The van der Waals surface area contributed by atoms with Gasteiger partial charge in [0.15, 0.2) is 0 Å². The van der Waals surface area contributed by atoms with Crippen molar-refractivity contribution < 1.29 is 9.21 Å². The molecule has 0 spiro atoms. The Morgan fingerprint density at radius 2 is 1.67 bits per heavy atom. The molecule has 0 N–H and O–H groups in total. The smallest absolute Gasteiger partial charge is 0.268 e. The molecule has 0 bridgehead atoms. The molecule has 2 aliphatic rings. The molecule has 0 unspecified atom stereocenters. The fourth-order valence-electron chi connectivity index (χ4n) is 4.22. The SMILES string of the molecule is O=C(C1CCCC1)N1CCN(c2cncc(-c3nnc(-c4ccccc4)o3)n2)CC1. The van der Waals surface area contributed by atoms with Crippen molar-refractivity contribution in [3.05, 3.63) is 42.7 Å². The van der Waals surface area contributed by atoms with Crippen molar-refractivity contribution in [2.45, 2.75) is 25.7 Å². The van der Waals surface area contributed by atoms with Crippen LogP contribution in [0, 0.1) is 5.92 Å². The second kappa shape index (κ2) is 8.22. The summed E-state index contributed by atoms with van der Waals surface area (Å²) in [6.07, 6.45) is 7.82. The number of piperazine rings is 1. The summed E-state index contributed by atoms with van der Waals surface area (Å²) < 4.78 is 5.81. The van der Waals surface area contributed by atoms with E-state index in [1.165, 1.54) is 12.8 Å². The Morgan fingerprint density at radius 1 is 0.933 bits per heavy atom. The highest BCUT2D eigenvalue weighted by atomic mass is 16.4. The van der Waals surface area contributed by atoms with Gasteiger partial charge in [-0.3, -0.25) is 9.78 Å². The van der Waals surface area contributed by atoms with Crippen LogP contribution in [-0.2, 0) is 4.79 Å². The van der Waals surface area contributed by atoms with Gasteiger partial charge in [-0.25, -0.2) is 4.98 Å². The van der Waals surface area contributed by atoms with Crippen molar-refractivity contribution in [2.75, 3.05) is 31.1 Å². The first-order valence-corrected chi connectivity index (χ1v) is 10.5. The molecule has 5 rings (SSSR count). The van der Waals surface area contributed by atoms with Crippen molar-refractivity contribution in [3.8, 4) is 23.0 Å². The molecular weight excluding hydrogens is 380 g/mol. The first kappa shape index (κ1) is 18.7. The number of rotatable bonds is 4. The quantitative estimate of drug-likeness (QED) is 0.660. The Kier molecular flexibility index (Phi) is 5.13. The van der Waals surface area contributed by atoms with Gasteiger partial charge in [0.05, 0.1) is 12.4 Å². The fraction of sp³-hybridized carbons (Fsp3) is 0.409. The van der Waals surface area contributed by atoms with Gasteiger partial charge in [0.1, 0.15) is 11.5 Å². The van der Waals surface area contributed by atoms with Crippen LogP contribution in [0.2, 0.25) is 0 Å². The maximum atomic E-state index is 12.7. The number of nitrogens with zero attached hydrogens (tertiary/aromatic N) is 6. The van der Waals surface area contributed by atoms with Crippen molar-refractivity contribution >= 4 is 11.7 Å². The third-order valence-corrected chi connectivity index (χ3v) is 5.91. The molecule has 1 aliphatic carbocycles. The Bertz CT molecular complexity index is 1010. The van der Waals surface area contributed by atoms with E-state index < -0.39 is 0 Å². The van der Waals surface area contributed by atoms with Gasteiger partial charge in [0.2, 0.25) is 11.8 Å². The second-order valence-electron chi connectivity index (χ2n) is 7.83. The van der Waals surface area contributed by atoms with Crippen LogP contribution in [0.25, 0.3) is 23.0 Å². The summed E-state index contributed by atoms with van der Waals surface area (Å²) in [7, 11) is 0. The van der Waals surface area contributed by atoms with Gasteiger partial charge in [-0.1, -0.05) is 31.0 Å². The highest BCUT2D eigenvalue weighted by Gasteiger charge is 2.29. The summed E-state index contributed by atoms with van der Waals surface area (Å²) in [6.45, 7) is 2.94. The number of hydrogen-bond donors (Lipinski definition) is 0. The summed E-state index contributed by atoms with van der Waals surface area (Å²) in [4.78, 5) is 25.8. The lowest BCUT2D eigenvalue weighted by Crippen LogP contribution is -2.50. The van der Waals surface area contributed by atoms with Crippen molar-refractivity contribution in [1.29, 1.82) is 0 Å². The molecule has 2 aromatic heterocycles. The van der Waals surface area contributed by atoms with Crippen LogP contribution in [0.4, 0.5) is 5.82 Å². The highest BCUT2D eigenvalue weighted by Crippen LogP contribution is 2.28. The maximum Gasteiger partial charge on any atom is 0.268 e. The second-order valence-corrected chi connectivity index (χ2v) is 7.83. The monoisotopic (exact) mass is 404 g/mol. The van der Waals surface area contributed by atoms with Gasteiger partial charge in [-0.2, -0.15) is 0 Å². The Balaban J connectivity index is 1.27. The molecule has 154 valence electrons. The van der Waals surface area contributed by atoms with Crippen LogP contribution in [0.1, 0.15) is 25.7 Å². The molecule has 1 aliphatic heterocycles. The topological polar surface area (TPSA) is 88.3 Å². The lowest BCUT2D eigenvalue weighted by molar-refractivity contribution is -0.135. The largest absolute Gasteiger partial charge is 0.415 e. The Morgan fingerprint density at radius 3 is 2.43 bits per heavy atom. The summed E-state index contributed by atoms with van der Waals surface area (Å²) in [5.41, 5.74) is 1.41. The van der Waals surface area contributed by atoms with E-state index in [1.54, 1.807) is 12.4 Å². The third kappa shape index (κ3) is 3.77. The predicted octanol–water partition coefficient (Wildman–Crippen LogP) is 3.03. The van der Waals surface area contributed by atoms with Gasteiger partial charge in [-0.05, 0) is 25.0 Å². The Labute approximate surface area is 175 Å². The Hall–Kier alpha value is -3.29. The lowest BCUT2D eigenvalue weighted by atomic mass is 10.1. The lowest BCUT2D eigenvalue weighted by Gasteiger charge is -2.36. The zero-order chi connectivity index (χ0) is 20.3. The summed E-state index contributed by atoms with van der Waals surface area (Å²) in [5.74, 6) is 2.12. The zero-order valence-corrected chi connectivity index (χ0v) is 16.8. The number of amides is 1. The zero-order valence-electron chi connectivity index (χ0n) is 16.8. The molecule has 1 aromatic carbocycles. The molecule has 2 fully saturated rings. The van der Waals surface area contributed by atoms with E-state index in [0.717, 1.165) is 50.4 Å². The minimum absolute atomic E-state index is 0.232. The third-order valence-electron chi connectivity index (χ3n) is 5.91. The van der Waals surface area contributed by atoms with Crippen LogP contribution >= 0.6 is 0 Å². The molecule has 1 saturated carbocycles. The molecule has 1 saturated heterocycles. The van der Waals surface area contributed by atoms with Crippen LogP contribution < -0.4 is 4.90 Å². The van der Waals surface area contributed by atoms with E-state index in [-0.39, 0.29) is 5.92 Å². The van der Waals surface area contributed by atoms with Crippen LogP contribution in [-0.4, -0.2) is 57.2 Å². The predicted molar refractivity (Wildman–Crippen MR) is 112 cm³/mol. The molecule has 8 nitrogen and oxygen atoms in total. The highest BCUT2D eigenvalue weighted by molar-refractivity contribution is 5.79. The molecule has 3 aromatic rings.